The molecule has 0 spiro atoms. The first kappa shape index (κ1) is 17.5. The van der Waals surface area contributed by atoms with Crippen LogP contribution in [0.15, 0.2) is 35.3 Å². The summed E-state index contributed by atoms with van der Waals surface area (Å²) in [7, 11) is 0. The average Bonchev–Trinajstić information content (AvgIpc) is 3.32. The van der Waals surface area contributed by atoms with Crippen molar-refractivity contribution in [1.82, 2.24) is 10.6 Å². The Morgan fingerprint density at radius 1 is 1.23 bits per heavy atom. The van der Waals surface area contributed by atoms with E-state index in [1.54, 1.807) is 0 Å². The smallest absolute Gasteiger partial charge is 0.191 e. The van der Waals surface area contributed by atoms with Gasteiger partial charge in [-0.3, -0.25) is 4.99 Å². The number of hydrogen-bond acceptors (Lipinski definition) is 4. The van der Waals surface area contributed by atoms with Crippen LogP contribution in [0.5, 0.6) is 0 Å². The van der Waals surface area contributed by atoms with E-state index in [2.05, 4.69) is 39.9 Å². The zero-order valence-electron chi connectivity index (χ0n) is 13.0. The zero-order valence-corrected chi connectivity index (χ0v) is 15.3. The van der Waals surface area contributed by atoms with Crippen LogP contribution >= 0.6 is 24.0 Å². The Hall–Kier alpha value is -0.820. The molecule has 1 saturated carbocycles. The second-order valence-electron chi connectivity index (χ2n) is 6.15. The molecule has 1 aromatic rings. The molecular formula is C17H26IN3O. The number of guanidine groups is 1. The van der Waals surface area contributed by atoms with Gasteiger partial charge in [-0.1, -0.05) is 30.3 Å². The largest absolute Gasteiger partial charge is 0.377 e. The number of nitrogens with zero attached hydrogens (tertiary/aromatic N) is 1. The Balaban J connectivity index is 0.00000176. The van der Waals surface area contributed by atoms with Crippen LogP contribution in [0.3, 0.4) is 0 Å². The fourth-order valence-electron chi connectivity index (χ4n) is 2.67. The molecule has 1 aliphatic carbocycles. The first-order chi connectivity index (χ1) is 10.4. The van der Waals surface area contributed by atoms with Gasteiger partial charge in [0.2, 0.25) is 0 Å². The van der Waals surface area contributed by atoms with E-state index in [0.29, 0.717) is 5.41 Å². The van der Waals surface area contributed by atoms with Crippen LogP contribution in [0.1, 0.15) is 31.2 Å². The molecule has 1 fully saturated rings. The van der Waals surface area contributed by atoms with Gasteiger partial charge in [0, 0.05) is 26.2 Å². The molecule has 122 valence electrons. The first-order valence-corrected chi connectivity index (χ1v) is 8.00. The lowest BCUT2D eigenvalue weighted by Crippen LogP contribution is -2.43. The molecular weight excluding hydrogens is 389 g/mol. The second-order valence-corrected chi connectivity index (χ2v) is 6.15. The SMILES string of the molecule is I.c1ccc(COCCC2(CNC3=NCCCN3)CC2)cc1. The maximum Gasteiger partial charge on any atom is 0.191 e. The van der Waals surface area contributed by atoms with Crippen LogP contribution in [-0.2, 0) is 11.3 Å². The van der Waals surface area contributed by atoms with Crippen molar-refractivity contribution in [2.75, 3.05) is 26.2 Å². The third-order valence-corrected chi connectivity index (χ3v) is 4.37. The molecule has 0 amide bonds. The quantitative estimate of drug-likeness (QED) is 0.532. The van der Waals surface area contributed by atoms with E-state index >= 15 is 0 Å². The molecule has 1 heterocycles. The van der Waals surface area contributed by atoms with E-state index in [0.717, 1.165) is 51.6 Å². The van der Waals surface area contributed by atoms with Crippen LogP contribution in [0, 0.1) is 5.41 Å². The molecule has 0 atom stereocenters. The summed E-state index contributed by atoms with van der Waals surface area (Å²) in [5.74, 6) is 0.984. The van der Waals surface area contributed by atoms with E-state index in [1.165, 1.54) is 18.4 Å². The minimum absolute atomic E-state index is 0. The molecule has 2 N–H and O–H groups in total. The van der Waals surface area contributed by atoms with Gasteiger partial charge >= 0.3 is 0 Å². The van der Waals surface area contributed by atoms with Crippen molar-refractivity contribution in [3.8, 4) is 0 Å². The van der Waals surface area contributed by atoms with Crippen molar-refractivity contribution in [3.63, 3.8) is 0 Å². The summed E-state index contributed by atoms with van der Waals surface area (Å²) in [6.45, 7) is 4.57. The summed E-state index contributed by atoms with van der Waals surface area (Å²) in [6, 6.07) is 10.4. The summed E-state index contributed by atoms with van der Waals surface area (Å²) in [4.78, 5) is 4.46. The highest BCUT2D eigenvalue weighted by Gasteiger charge is 2.42. The van der Waals surface area contributed by atoms with Crippen LogP contribution in [-0.4, -0.2) is 32.2 Å². The molecule has 2 aliphatic rings. The van der Waals surface area contributed by atoms with Crippen molar-refractivity contribution in [3.05, 3.63) is 35.9 Å². The van der Waals surface area contributed by atoms with Crippen molar-refractivity contribution < 1.29 is 4.74 Å². The predicted molar refractivity (Wildman–Crippen MR) is 101 cm³/mol. The van der Waals surface area contributed by atoms with Gasteiger partial charge < -0.3 is 15.4 Å². The van der Waals surface area contributed by atoms with E-state index < -0.39 is 0 Å². The number of hydrogen-bond donors (Lipinski definition) is 2. The van der Waals surface area contributed by atoms with Gasteiger partial charge in [-0.25, -0.2) is 0 Å². The van der Waals surface area contributed by atoms with E-state index in [1.807, 2.05) is 6.07 Å². The number of halogens is 1. The maximum atomic E-state index is 5.81. The summed E-state index contributed by atoms with van der Waals surface area (Å²) >= 11 is 0. The Kier molecular flexibility index (Phi) is 6.95. The molecule has 1 aliphatic heterocycles. The Bertz CT molecular complexity index is 474. The van der Waals surface area contributed by atoms with E-state index in [9.17, 15) is 0 Å². The summed E-state index contributed by atoms with van der Waals surface area (Å²) in [5.41, 5.74) is 1.69. The highest BCUT2D eigenvalue weighted by atomic mass is 127. The van der Waals surface area contributed by atoms with Crippen LogP contribution < -0.4 is 10.6 Å². The minimum Gasteiger partial charge on any atom is -0.377 e. The Morgan fingerprint density at radius 3 is 2.73 bits per heavy atom. The van der Waals surface area contributed by atoms with Gasteiger partial charge in [0.15, 0.2) is 5.96 Å². The van der Waals surface area contributed by atoms with Gasteiger partial charge in [0.1, 0.15) is 0 Å². The van der Waals surface area contributed by atoms with Gasteiger partial charge in [-0.15, -0.1) is 24.0 Å². The van der Waals surface area contributed by atoms with Gasteiger partial charge in [0.25, 0.3) is 0 Å². The van der Waals surface area contributed by atoms with Gasteiger partial charge in [-0.05, 0) is 36.7 Å². The fourth-order valence-corrected chi connectivity index (χ4v) is 2.67. The first-order valence-electron chi connectivity index (χ1n) is 8.00. The number of ether oxygens (including phenoxy) is 1. The molecule has 22 heavy (non-hydrogen) atoms. The second kappa shape index (κ2) is 8.72. The zero-order chi connectivity index (χ0) is 14.4. The van der Waals surface area contributed by atoms with Gasteiger partial charge in [-0.2, -0.15) is 0 Å². The topological polar surface area (TPSA) is 45.6 Å². The third-order valence-electron chi connectivity index (χ3n) is 4.37. The molecule has 5 heteroatoms. The molecule has 0 bridgehead atoms. The van der Waals surface area contributed by atoms with E-state index in [4.69, 9.17) is 4.74 Å². The lowest BCUT2D eigenvalue weighted by Gasteiger charge is -2.20. The lowest BCUT2D eigenvalue weighted by atomic mass is 10.0. The average molecular weight is 415 g/mol. The van der Waals surface area contributed by atoms with Crippen molar-refractivity contribution in [2.45, 2.75) is 32.3 Å². The number of rotatable bonds is 7. The predicted octanol–water partition coefficient (Wildman–Crippen LogP) is 2.93. The van der Waals surface area contributed by atoms with Crippen molar-refractivity contribution in [2.24, 2.45) is 10.4 Å². The third kappa shape index (κ3) is 5.43. The Labute approximate surface area is 150 Å². The minimum atomic E-state index is 0. The summed E-state index contributed by atoms with van der Waals surface area (Å²) < 4.78 is 5.81. The highest BCUT2D eigenvalue weighted by Crippen LogP contribution is 2.48. The number of benzene rings is 1. The summed E-state index contributed by atoms with van der Waals surface area (Å²) in [5, 5.41) is 6.78. The Morgan fingerprint density at radius 2 is 2.05 bits per heavy atom. The molecule has 1 aromatic carbocycles. The number of nitrogens with one attached hydrogen (secondary N) is 2. The maximum absolute atomic E-state index is 5.81. The molecule has 0 unspecified atom stereocenters. The monoisotopic (exact) mass is 415 g/mol. The normalized spacial score (nSPS) is 18.6. The number of aliphatic imine (C=N–C) groups is 1. The molecule has 3 rings (SSSR count). The molecule has 0 radical (unpaired) electrons. The molecule has 4 nitrogen and oxygen atoms in total. The van der Waals surface area contributed by atoms with Crippen LogP contribution in [0.2, 0.25) is 0 Å². The van der Waals surface area contributed by atoms with Crippen molar-refractivity contribution >= 4 is 29.9 Å². The molecule has 0 saturated heterocycles. The lowest BCUT2D eigenvalue weighted by molar-refractivity contribution is 0.104. The van der Waals surface area contributed by atoms with Crippen LogP contribution in [0.25, 0.3) is 0 Å². The van der Waals surface area contributed by atoms with Gasteiger partial charge in [0.05, 0.1) is 6.61 Å². The molecule has 0 aromatic heterocycles. The van der Waals surface area contributed by atoms with Crippen molar-refractivity contribution in [1.29, 1.82) is 0 Å². The van der Waals surface area contributed by atoms with E-state index in [-0.39, 0.29) is 24.0 Å². The highest BCUT2D eigenvalue weighted by molar-refractivity contribution is 14.0. The fraction of sp³-hybridized carbons (Fsp3) is 0.588. The summed E-state index contributed by atoms with van der Waals surface area (Å²) in [6.07, 6.45) is 4.90. The standard InChI is InChI=1S/C17H25N3O.HI/c1-2-5-15(6-3-1)13-21-12-9-17(7-8-17)14-20-16-18-10-4-11-19-16;/h1-3,5-6H,4,7-14H2,(H2,18,19,20);1H. The van der Waals surface area contributed by atoms with Crippen LogP contribution in [0.4, 0.5) is 0 Å².